The van der Waals surface area contributed by atoms with Gasteiger partial charge in [0.1, 0.15) is 11.8 Å². The summed E-state index contributed by atoms with van der Waals surface area (Å²) in [6, 6.07) is 14.7. The van der Waals surface area contributed by atoms with Crippen molar-refractivity contribution in [2.24, 2.45) is 17.3 Å². The van der Waals surface area contributed by atoms with Crippen molar-refractivity contribution in [1.29, 1.82) is 0 Å². The Hall–Kier alpha value is -2.86. The molecule has 1 aliphatic carbocycles. The van der Waals surface area contributed by atoms with E-state index in [0.717, 1.165) is 36.1 Å². The lowest BCUT2D eigenvalue weighted by Gasteiger charge is -2.37. The maximum atomic E-state index is 13.9. The molecule has 6 heteroatoms. The van der Waals surface area contributed by atoms with E-state index in [9.17, 15) is 14.7 Å². The summed E-state index contributed by atoms with van der Waals surface area (Å²) in [5, 5.41) is 14.3. The fourth-order valence-corrected chi connectivity index (χ4v) is 6.20. The molecule has 2 aromatic carbocycles. The average molecular weight is 521 g/mol. The third kappa shape index (κ3) is 5.47. The predicted octanol–water partition coefficient (Wildman–Crippen LogP) is 5.95. The van der Waals surface area contributed by atoms with Crippen LogP contribution in [0.5, 0.6) is 5.75 Å². The number of carbonyl (C=O) groups is 2. The third-order valence-corrected chi connectivity index (χ3v) is 8.44. The molecule has 2 aliphatic rings. The topological polar surface area (TPSA) is 78.9 Å². The number of nitrogens with zero attached hydrogens (tertiary/aromatic N) is 1. The number of nitrogens with one attached hydrogen (secondary N) is 1. The molecule has 2 N–H and O–H groups in total. The molecule has 2 aromatic rings. The molecule has 1 amide bonds. The summed E-state index contributed by atoms with van der Waals surface area (Å²) in [6.45, 7) is 13.3. The fourth-order valence-electron chi connectivity index (χ4n) is 6.20. The molecule has 1 saturated heterocycles. The zero-order valence-corrected chi connectivity index (χ0v) is 24.0. The highest BCUT2D eigenvalue weighted by atomic mass is 16.5. The van der Waals surface area contributed by atoms with Crippen LogP contribution in [0.15, 0.2) is 48.5 Å². The van der Waals surface area contributed by atoms with Crippen molar-refractivity contribution < 1.29 is 19.4 Å². The molecule has 0 aromatic heterocycles. The van der Waals surface area contributed by atoms with E-state index in [0.29, 0.717) is 6.54 Å². The van der Waals surface area contributed by atoms with E-state index in [1.807, 2.05) is 36.4 Å². The van der Waals surface area contributed by atoms with Gasteiger partial charge >= 0.3 is 5.97 Å². The molecule has 4 atom stereocenters. The number of rotatable bonds is 7. The molecular formula is C32H44N2O4. The fraction of sp³-hybridized carbons (Fsp3) is 0.562. The minimum absolute atomic E-state index is 0.0186. The van der Waals surface area contributed by atoms with Gasteiger partial charge in [0.15, 0.2) is 0 Å². The summed E-state index contributed by atoms with van der Waals surface area (Å²) < 4.78 is 5.71. The molecule has 1 heterocycles. The number of hydrogen-bond donors (Lipinski definition) is 2. The SMILES string of the molecule is COc1ccc(C(C)(C)C)cc1CN[C@H]1[C@H](C(C)(C)C)[C@@H](C(=O)O)N(C(=O)C2CCC2)[C@H]1c1ccccc1. The normalized spacial score (nSPS) is 24.2. The predicted molar refractivity (Wildman–Crippen MR) is 150 cm³/mol. The summed E-state index contributed by atoms with van der Waals surface area (Å²) in [6.07, 6.45) is 2.68. The Morgan fingerprint density at radius 2 is 1.68 bits per heavy atom. The number of likely N-dealkylation sites (tertiary alicyclic amines) is 1. The summed E-state index contributed by atoms with van der Waals surface area (Å²) in [5.41, 5.74) is 2.81. The van der Waals surface area contributed by atoms with Crippen LogP contribution in [0.2, 0.25) is 0 Å². The van der Waals surface area contributed by atoms with Crippen LogP contribution < -0.4 is 10.1 Å². The van der Waals surface area contributed by atoms with Crippen LogP contribution >= 0.6 is 0 Å². The number of carbonyl (C=O) groups excluding carboxylic acids is 1. The molecule has 1 aliphatic heterocycles. The lowest BCUT2D eigenvalue weighted by molar-refractivity contribution is -0.155. The smallest absolute Gasteiger partial charge is 0.326 e. The van der Waals surface area contributed by atoms with Crippen LogP contribution in [0.1, 0.15) is 83.5 Å². The number of methoxy groups -OCH3 is 1. The zero-order valence-electron chi connectivity index (χ0n) is 24.0. The Morgan fingerprint density at radius 1 is 1.03 bits per heavy atom. The first-order chi connectivity index (χ1) is 17.8. The summed E-state index contributed by atoms with van der Waals surface area (Å²) in [7, 11) is 1.68. The van der Waals surface area contributed by atoms with Crippen LogP contribution in [-0.2, 0) is 21.5 Å². The van der Waals surface area contributed by atoms with Gasteiger partial charge in [0, 0.05) is 30.0 Å². The van der Waals surface area contributed by atoms with Gasteiger partial charge in [-0.1, -0.05) is 90.4 Å². The molecular weight excluding hydrogens is 476 g/mol. The van der Waals surface area contributed by atoms with Gasteiger partial charge in [-0.05, 0) is 40.9 Å². The monoisotopic (exact) mass is 520 g/mol. The number of benzene rings is 2. The first-order valence-electron chi connectivity index (χ1n) is 13.8. The second-order valence-corrected chi connectivity index (χ2v) is 13.1. The van der Waals surface area contributed by atoms with E-state index in [-0.39, 0.29) is 40.7 Å². The quantitative estimate of drug-likeness (QED) is 0.472. The van der Waals surface area contributed by atoms with Crippen LogP contribution in [0, 0.1) is 17.3 Å². The minimum Gasteiger partial charge on any atom is -0.496 e. The van der Waals surface area contributed by atoms with Crippen LogP contribution in [-0.4, -0.2) is 41.1 Å². The van der Waals surface area contributed by atoms with Crippen molar-refractivity contribution in [3.8, 4) is 5.75 Å². The van der Waals surface area contributed by atoms with Crippen LogP contribution in [0.4, 0.5) is 0 Å². The first kappa shape index (κ1) is 28.2. The van der Waals surface area contributed by atoms with E-state index in [2.05, 4.69) is 59.0 Å². The average Bonchev–Trinajstić information content (AvgIpc) is 3.17. The largest absolute Gasteiger partial charge is 0.496 e. The maximum absolute atomic E-state index is 13.9. The van der Waals surface area contributed by atoms with E-state index >= 15 is 0 Å². The molecule has 0 unspecified atom stereocenters. The number of carboxylic acid groups (broad SMARTS) is 1. The van der Waals surface area contributed by atoms with Crippen molar-refractivity contribution in [3.63, 3.8) is 0 Å². The second-order valence-electron chi connectivity index (χ2n) is 13.1. The van der Waals surface area contributed by atoms with Gasteiger partial charge in [0.2, 0.25) is 5.91 Å². The first-order valence-corrected chi connectivity index (χ1v) is 13.8. The Labute approximate surface area is 227 Å². The molecule has 2 fully saturated rings. The highest BCUT2D eigenvalue weighted by Crippen LogP contribution is 2.49. The highest BCUT2D eigenvalue weighted by molar-refractivity contribution is 5.87. The van der Waals surface area contributed by atoms with E-state index in [4.69, 9.17) is 4.74 Å². The van der Waals surface area contributed by atoms with Crippen molar-refractivity contribution in [3.05, 3.63) is 65.2 Å². The summed E-state index contributed by atoms with van der Waals surface area (Å²) in [5.74, 6) is -0.556. The molecule has 38 heavy (non-hydrogen) atoms. The number of carboxylic acids is 1. The molecule has 6 nitrogen and oxygen atoms in total. The van der Waals surface area contributed by atoms with Gasteiger partial charge in [-0.25, -0.2) is 4.79 Å². The third-order valence-electron chi connectivity index (χ3n) is 8.44. The van der Waals surface area contributed by atoms with Crippen molar-refractivity contribution >= 4 is 11.9 Å². The summed E-state index contributed by atoms with van der Waals surface area (Å²) in [4.78, 5) is 28.5. The molecule has 0 bridgehead atoms. The van der Waals surface area contributed by atoms with Gasteiger partial charge in [-0.2, -0.15) is 0 Å². The van der Waals surface area contributed by atoms with Crippen molar-refractivity contribution in [2.75, 3.05) is 7.11 Å². The Bertz CT molecular complexity index is 1140. The van der Waals surface area contributed by atoms with Gasteiger partial charge in [0.05, 0.1) is 13.2 Å². The van der Waals surface area contributed by atoms with Gasteiger partial charge < -0.3 is 20.1 Å². The number of amides is 1. The lowest BCUT2D eigenvalue weighted by Crippen LogP contribution is -2.50. The molecule has 1 saturated carbocycles. The highest BCUT2D eigenvalue weighted by Gasteiger charge is 2.58. The molecule has 4 rings (SSSR count). The van der Waals surface area contributed by atoms with Gasteiger partial charge in [0.25, 0.3) is 0 Å². The molecule has 206 valence electrons. The maximum Gasteiger partial charge on any atom is 0.326 e. The standard InChI is InChI=1S/C32H44N2O4/c1-31(2,3)23-16-17-24(38-7)22(18-23)19-33-26-25(32(4,5)6)28(30(36)37)34(29(35)21-14-11-15-21)27(26)20-12-9-8-10-13-20/h8-10,12-13,16-18,21,25-28,33H,11,14-15,19H2,1-7H3,(H,36,37)/t25-,26-,27-,28-/m0/s1. The van der Waals surface area contributed by atoms with E-state index < -0.39 is 12.0 Å². The molecule has 0 radical (unpaired) electrons. The Kier molecular flexibility index (Phi) is 7.94. The van der Waals surface area contributed by atoms with Gasteiger partial charge in [-0.3, -0.25) is 4.79 Å². The second kappa shape index (κ2) is 10.7. The summed E-state index contributed by atoms with van der Waals surface area (Å²) >= 11 is 0. The Balaban J connectivity index is 1.80. The number of hydrogen-bond acceptors (Lipinski definition) is 4. The number of aliphatic carboxylic acids is 1. The van der Waals surface area contributed by atoms with Crippen molar-refractivity contribution in [2.45, 2.75) is 90.9 Å². The van der Waals surface area contributed by atoms with Crippen molar-refractivity contribution in [1.82, 2.24) is 10.2 Å². The van der Waals surface area contributed by atoms with E-state index in [1.54, 1.807) is 12.0 Å². The van der Waals surface area contributed by atoms with Crippen LogP contribution in [0.25, 0.3) is 0 Å². The van der Waals surface area contributed by atoms with Crippen LogP contribution in [0.3, 0.4) is 0 Å². The van der Waals surface area contributed by atoms with Gasteiger partial charge in [-0.15, -0.1) is 0 Å². The van der Waals surface area contributed by atoms with E-state index in [1.165, 1.54) is 5.56 Å². The molecule has 0 spiro atoms. The minimum atomic E-state index is -0.935. The number of ether oxygens (including phenoxy) is 1. The Morgan fingerprint density at radius 3 is 2.18 bits per heavy atom. The lowest BCUT2D eigenvalue weighted by atomic mass is 9.72. The zero-order chi connectivity index (χ0) is 27.8.